The molecule has 0 aliphatic carbocycles. The molecule has 0 spiro atoms. The second-order valence-electron chi connectivity index (χ2n) is 5.03. The highest BCUT2D eigenvalue weighted by atomic mass is 31.2. The third kappa shape index (κ3) is 2.29. The Hall–Kier alpha value is -1.94. The number of hydrogen-bond donors (Lipinski definition) is 0. The molecule has 110 valence electrons. The van der Waals surface area contributed by atoms with Gasteiger partial charge in [0, 0.05) is 30.4 Å². The Bertz CT molecular complexity index is 827. The zero-order chi connectivity index (χ0) is 15.0. The average molecular weight is 303 g/mol. The summed E-state index contributed by atoms with van der Waals surface area (Å²) in [5.41, 5.74) is 2.46. The summed E-state index contributed by atoms with van der Waals surface area (Å²) < 4.78 is 16.2. The van der Waals surface area contributed by atoms with E-state index < -0.39 is 7.14 Å². The van der Waals surface area contributed by atoms with Crippen LogP contribution in [0.5, 0.6) is 0 Å². The molecule has 0 aromatic carbocycles. The minimum Gasteiger partial charge on any atom is -0.319 e. The smallest absolute Gasteiger partial charge is 0.181 e. The lowest BCUT2D eigenvalue weighted by Crippen LogP contribution is -2.06. The largest absolute Gasteiger partial charge is 0.319 e. The summed E-state index contributed by atoms with van der Waals surface area (Å²) in [5.74, 6) is 0. The van der Waals surface area contributed by atoms with Crippen molar-refractivity contribution in [3.8, 4) is 5.69 Å². The molecule has 0 fully saturated rings. The van der Waals surface area contributed by atoms with Gasteiger partial charge < -0.3 is 4.57 Å². The fourth-order valence-electron chi connectivity index (χ4n) is 2.35. The van der Waals surface area contributed by atoms with Gasteiger partial charge in [-0.3, -0.25) is 0 Å². The number of fused-ring (bicyclic) bond motifs is 1. The molecule has 3 rings (SSSR count). The van der Waals surface area contributed by atoms with E-state index in [4.69, 9.17) is 0 Å². The highest BCUT2D eigenvalue weighted by molar-refractivity contribution is 7.71. The van der Waals surface area contributed by atoms with Gasteiger partial charge in [0.15, 0.2) is 5.65 Å². The summed E-state index contributed by atoms with van der Waals surface area (Å²) in [6.07, 6.45) is 8.44. The maximum Gasteiger partial charge on any atom is 0.181 e. The SMILES string of the molecule is CCP(=O)(CC)c1cnn(-c2cnn3ccc(C)nc23)c1. The second kappa shape index (κ2) is 5.11. The lowest BCUT2D eigenvalue weighted by Gasteiger charge is -2.10. The Morgan fingerprint density at radius 3 is 2.67 bits per heavy atom. The van der Waals surface area contributed by atoms with Gasteiger partial charge in [0.1, 0.15) is 12.8 Å². The standard InChI is InChI=1S/C14H18N5OP/c1-4-21(20,5-2)12-8-15-19(10-12)13-9-16-18-7-6-11(3)17-14(13)18/h6-10H,4-5H2,1-3H3. The van der Waals surface area contributed by atoms with E-state index in [1.54, 1.807) is 21.6 Å². The van der Waals surface area contributed by atoms with E-state index in [0.29, 0.717) is 12.3 Å². The van der Waals surface area contributed by atoms with Gasteiger partial charge in [-0.1, -0.05) is 13.8 Å². The molecule has 0 radical (unpaired) electrons. The molecule has 0 saturated heterocycles. The molecule has 3 aromatic rings. The molecule has 3 aromatic heterocycles. The van der Waals surface area contributed by atoms with Gasteiger partial charge >= 0.3 is 0 Å². The van der Waals surface area contributed by atoms with Gasteiger partial charge in [-0.2, -0.15) is 10.2 Å². The average Bonchev–Trinajstić information content (AvgIpc) is 3.12. The van der Waals surface area contributed by atoms with Crippen LogP contribution in [0.15, 0.2) is 30.9 Å². The third-order valence-electron chi connectivity index (χ3n) is 3.80. The fourth-order valence-corrected chi connectivity index (χ4v) is 4.11. The van der Waals surface area contributed by atoms with Crippen LogP contribution in [0.1, 0.15) is 19.5 Å². The van der Waals surface area contributed by atoms with Crippen molar-refractivity contribution >= 4 is 18.1 Å². The van der Waals surface area contributed by atoms with E-state index in [2.05, 4.69) is 15.2 Å². The van der Waals surface area contributed by atoms with E-state index in [1.807, 2.05) is 39.2 Å². The first kappa shape index (κ1) is 14.0. The molecule has 3 heterocycles. The lowest BCUT2D eigenvalue weighted by molar-refractivity contribution is 0.582. The number of nitrogens with zero attached hydrogens (tertiary/aromatic N) is 5. The van der Waals surface area contributed by atoms with Crippen molar-refractivity contribution in [1.29, 1.82) is 0 Å². The number of aromatic nitrogens is 5. The van der Waals surface area contributed by atoms with Gasteiger partial charge in [-0.15, -0.1) is 0 Å². The van der Waals surface area contributed by atoms with Crippen LogP contribution >= 0.6 is 7.14 Å². The van der Waals surface area contributed by atoms with Crippen LogP contribution in [0.4, 0.5) is 0 Å². The van der Waals surface area contributed by atoms with Gasteiger partial charge in [0.2, 0.25) is 0 Å². The molecule has 0 N–H and O–H groups in total. The predicted molar refractivity (Wildman–Crippen MR) is 83.2 cm³/mol. The molecule has 21 heavy (non-hydrogen) atoms. The molecule has 6 nitrogen and oxygen atoms in total. The summed E-state index contributed by atoms with van der Waals surface area (Å²) in [5, 5.41) is 9.44. The van der Waals surface area contributed by atoms with Crippen LogP contribution in [-0.4, -0.2) is 36.7 Å². The van der Waals surface area contributed by atoms with Crippen molar-refractivity contribution in [2.45, 2.75) is 20.8 Å². The molecule has 0 atom stereocenters. The van der Waals surface area contributed by atoms with E-state index in [9.17, 15) is 4.57 Å². The predicted octanol–water partition coefficient (Wildman–Crippen LogP) is 2.25. The maximum absolute atomic E-state index is 12.8. The summed E-state index contributed by atoms with van der Waals surface area (Å²) in [6.45, 7) is 5.86. The number of rotatable bonds is 4. The number of aryl methyl sites for hydroxylation is 1. The minimum absolute atomic E-state index is 0.654. The molecule has 0 aliphatic heterocycles. The highest BCUT2D eigenvalue weighted by Crippen LogP contribution is 2.43. The monoisotopic (exact) mass is 303 g/mol. The van der Waals surface area contributed by atoms with Crippen molar-refractivity contribution in [1.82, 2.24) is 24.4 Å². The van der Waals surface area contributed by atoms with Gasteiger partial charge in [0.25, 0.3) is 0 Å². The maximum atomic E-state index is 12.8. The Balaban J connectivity index is 2.10. The zero-order valence-corrected chi connectivity index (χ0v) is 13.3. The van der Waals surface area contributed by atoms with Crippen molar-refractivity contribution in [3.63, 3.8) is 0 Å². The Kier molecular flexibility index (Phi) is 3.41. The summed E-state index contributed by atoms with van der Waals surface area (Å²) in [6, 6.07) is 1.90. The Morgan fingerprint density at radius 2 is 1.95 bits per heavy atom. The van der Waals surface area contributed by atoms with Crippen LogP contribution in [0.3, 0.4) is 0 Å². The van der Waals surface area contributed by atoms with E-state index in [-0.39, 0.29) is 0 Å². The van der Waals surface area contributed by atoms with E-state index in [0.717, 1.165) is 22.3 Å². The van der Waals surface area contributed by atoms with Crippen LogP contribution in [0, 0.1) is 6.92 Å². The first-order valence-electron chi connectivity index (χ1n) is 7.02. The molecule has 0 saturated carbocycles. The molecule has 0 unspecified atom stereocenters. The number of hydrogen-bond acceptors (Lipinski definition) is 4. The lowest BCUT2D eigenvalue weighted by atomic mass is 10.4. The molecule has 0 bridgehead atoms. The van der Waals surface area contributed by atoms with Gasteiger partial charge in [-0.05, 0) is 13.0 Å². The molecule has 0 aliphatic rings. The Labute approximate surface area is 123 Å². The second-order valence-corrected chi connectivity index (χ2v) is 8.59. The molecular weight excluding hydrogens is 285 g/mol. The third-order valence-corrected chi connectivity index (χ3v) is 7.01. The van der Waals surface area contributed by atoms with Crippen LogP contribution < -0.4 is 5.30 Å². The van der Waals surface area contributed by atoms with Crippen LogP contribution in [-0.2, 0) is 4.57 Å². The Morgan fingerprint density at radius 1 is 1.19 bits per heavy atom. The van der Waals surface area contributed by atoms with Crippen molar-refractivity contribution in [2.24, 2.45) is 0 Å². The van der Waals surface area contributed by atoms with Crippen molar-refractivity contribution in [2.75, 3.05) is 12.3 Å². The zero-order valence-electron chi connectivity index (χ0n) is 12.4. The normalized spacial score (nSPS) is 12.1. The molecular formula is C14H18N5OP. The fraction of sp³-hybridized carbons (Fsp3) is 0.357. The summed E-state index contributed by atoms with van der Waals surface area (Å²) in [7, 11) is -2.32. The first-order valence-corrected chi connectivity index (χ1v) is 9.10. The summed E-state index contributed by atoms with van der Waals surface area (Å²) >= 11 is 0. The van der Waals surface area contributed by atoms with Crippen molar-refractivity contribution in [3.05, 3.63) is 36.5 Å². The van der Waals surface area contributed by atoms with Crippen LogP contribution in [0.25, 0.3) is 11.3 Å². The van der Waals surface area contributed by atoms with E-state index >= 15 is 0 Å². The topological polar surface area (TPSA) is 65.1 Å². The van der Waals surface area contributed by atoms with Crippen LogP contribution in [0.2, 0.25) is 0 Å². The minimum atomic E-state index is -2.32. The van der Waals surface area contributed by atoms with Gasteiger partial charge in [0.05, 0.1) is 17.7 Å². The quantitative estimate of drug-likeness (QED) is 0.693. The van der Waals surface area contributed by atoms with E-state index in [1.165, 1.54) is 0 Å². The van der Waals surface area contributed by atoms with Crippen molar-refractivity contribution < 1.29 is 4.57 Å². The first-order chi connectivity index (χ1) is 10.1. The highest BCUT2D eigenvalue weighted by Gasteiger charge is 2.22. The van der Waals surface area contributed by atoms with Gasteiger partial charge in [-0.25, -0.2) is 14.2 Å². The summed E-state index contributed by atoms with van der Waals surface area (Å²) in [4.78, 5) is 4.49. The molecule has 7 heteroatoms. The molecule has 0 amide bonds.